The molecular formula is C23H16F6N2O3. The highest BCUT2D eigenvalue weighted by molar-refractivity contribution is 5.94. The van der Waals surface area contributed by atoms with Crippen molar-refractivity contribution in [3.63, 3.8) is 0 Å². The maximum Gasteiger partial charge on any atom is 0.573 e. The normalized spacial score (nSPS) is 14.1. The third kappa shape index (κ3) is 5.41. The van der Waals surface area contributed by atoms with Gasteiger partial charge in [-0.05, 0) is 47.5 Å². The number of pyridine rings is 1. The maximum absolute atomic E-state index is 12.9. The van der Waals surface area contributed by atoms with Gasteiger partial charge in [0.2, 0.25) is 0 Å². The summed E-state index contributed by atoms with van der Waals surface area (Å²) in [5.74, 6) is -0.324. The number of rotatable bonds is 3. The van der Waals surface area contributed by atoms with E-state index in [-0.39, 0.29) is 31.0 Å². The molecule has 1 aromatic heterocycles. The van der Waals surface area contributed by atoms with Crippen molar-refractivity contribution in [2.24, 2.45) is 0 Å². The molecule has 178 valence electrons. The number of carbonyl (C=O) groups is 1. The van der Waals surface area contributed by atoms with Crippen LogP contribution in [0, 0.1) is 0 Å². The third-order valence-electron chi connectivity index (χ3n) is 5.05. The minimum absolute atomic E-state index is 0.00728. The number of amides is 1. The lowest BCUT2D eigenvalue weighted by atomic mass is 10.0. The molecule has 0 aliphatic carbocycles. The van der Waals surface area contributed by atoms with Gasteiger partial charge in [0.1, 0.15) is 23.8 Å². The van der Waals surface area contributed by atoms with Crippen LogP contribution in [0.3, 0.4) is 0 Å². The highest BCUT2D eigenvalue weighted by Gasteiger charge is 2.33. The predicted octanol–water partition coefficient (Wildman–Crippen LogP) is 5.70. The number of nitrogens with zero attached hydrogens (tertiary/aromatic N) is 2. The quantitative estimate of drug-likeness (QED) is 0.450. The van der Waals surface area contributed by atoms with Crippen LogP contribution in [0.25, 0.3) is 11.1 Å². The Kier molecular flexibility index (Phi) is 6.11. The smallest absolute Gasteiger partial charge is 0.491 e. The van der Waals surface area contributed by atoms with Crippen LogP contribution in [0.2, 0.25) is 0 Å². The molecule has 4 rings (SSSR count). The minimum atomic E-state index is -4.79. The SMILES string of the molecule is O=C(c1ccc(C(F)(F)F)nc1)N1CCOc2ccc(-c3ccc(OC(F)(F)F)cc3)cc2C1. The van der Waals surface area contributed by atoms with E-state index in [1.165, 1.54) is 29.2 Å². The van der Waals surface area contributed by atoms with Crippen molar-refractivity contribution in [1.29, 1.82) is 0 Å². The molecule has 2 aromatic carbocycles. The van der Waals surface area contributed by atoms with Crippen molar-refractivity contribution >= 4 is 5.91 Å². The van der Waals surface area contributed by atoms with E-state index in [9.17, 15) is 31.1 Å². The molecule has 0 saturated carbocycles. The monoisotopic (exact) mass is 482 g/mol. The average Bonchev–Trinajstić information content (AvgIpc) is 2.99. The molecule has 0 atom stereocenters. The molecule has 1 amide bonds. The van der Waals surface area contributed by atoms with Crippen LogP contribution in [0.1, 0.15) is 21.6 Å². The summed E-state index contributed by atoms with van der Waals surface area (Å²) in [6.07, 6.45) is -8.51. The summed E-state index contributed by atoms with van der Waals surface area (Å²) in [5.41, 5.74) is 0.842. The number of carbonyl (C=O) groups excluding carboxylic acids is 1. The molecule has 3 aromatic rings. The van der Waals surface area contributed by atoms with E-state index in [1.807, 2.05) is 0 Å². The molecule has 0 saturated heterocycles. The molecular weight excluding hydrogens is 466 g/mol. The number of fused-ring (bicyclic) bond motifs is 1. The summed E-state index contributed by atoms with van der Waals surface area (Å²) in [6, 6.07) is 12.3. The van der Waals surface area contributed by atoms with Gasteiger partial charge < -0.3 is 14.4 Å². The van der Waals surface area contributed by atoms with Crippen LogP contribution in [0.15, 0.2) is 60.8 Å². The van der Waals surface area contributed by atoms with Crippen LogP contribution in [-0.4, -0.2) is 35.3 Å². The summed E-state index contributed by atoms with van der Waals surface area (Å²) in [7, 11) is 0. The van der Waals surface area contributed by atoms with Crippen molar-refractivity contribution in [2.45, 2.75) is 19.1 Å². The first-order valence-corrected chi connectivity index (χ1v) is 9.94. The maximum atomic E-state index is 12.9. The van der Waals surface area contributed by atoms with E-state index in [1.54, 1.807) is 18.2 Å². The number of hydrogen-bond acceptors (Lipinski definition) is 4. The summed E-state index contributed by atoms with van der Waals surface area (Å²) in [5, 5.41) is 0. The number of benzene rings is 2. The zero-order chi connectivity index (χ0) is 24.5. The van der Waals surface area contributed by atoms with E-state index in [2.05, 4.69) is 9.72 Å². The van der Waals surface area contributed by atoms with Gasteiger partial charge in [-0.2, -0.15) is 13.2 Å². The lowest BCUT2D eigenvalue weighted by Crippen LogP contribution is -2.32. The number of hydrogen-bond donors (Lipinski definition) is 0. The van der Waals surface area contributed by atoms with Crippen LogP contribution in [0.4, 0.5) is 26.3 Å². The Bertz CT molecular complexity index is 1180. The molecule has 0 bridgehead atoms. The summed E-state index contributed by atoms with van der Waals surface area (Å²) >= 11 is 0. The second kappa shape index (κ2) is 8.88. The fourth-order valence-corrected chi connectivity index (χ4v) is 3.47. The molecule has 0 N–H and O–H groups in total. The number of alkyl halides is 6. The first-order valence-electron chi connectivity index (χ1n) is 9.94. The van der Waals surface area contributed by atoms with Crippen molar-refractivity contribution in [2.75, 3.05) is 13.2 Å². The van der Waals surface area contributed by atoms with Gasteiger partial charge in [0.15, 0.2) is 0 Å². The van der Waals surface area contributed by atoms with Gasteiger partial charge in [0.05, 0.1) is 12.1 Å². The van der Waals surface area contributed by atoms with Gasteiger partial charge in [0, 0.05) is 18.3 Å². The van der Waals surface area contributed by atoms with Crippen molar-refractivity contribution in [1.82, 2.24) is 9.88 Å². The molecule has 1 aliphatic rings. The highest BCUT2D eigenvalue weighted by atomic mass is 19.4. The average molecular weight is 482 g/mol. The molecule has 0 fully saturated rings. The van der Waals surface area contributed by atoms with Crippen LogP contribution < -0.4 is 9.47 Å². The largest absolute Gasteiger partial charge is 0.573 e. The lowest BCUT2D eigenvalue weighted by Gasteiger charge is -2.20. The van der Waals surface area contributed by atoms with E-state index >= 15 is 0 Å². The molecule has 0 spiro atoms. The van der Waals surface area contributed by atoms with E-state index in [0.717, 1.165) is 18.3 Å². The van der Waals surface area contributed by atoms with E-state index < -0.39 is 24.1 Å². The Balaban J connectivity index is 1.54. The minimum Gasteiger partial charge on any atom is -0.491 e. The second-order valence-corrected chi connectivity index (χ2v) is 7.40. The number of halogens is 6. The van der Waals surface area contributed by atoms with E-state index in [0.29, 0.717) is 22.4 Å². The Labute approximate surface area is 189 Å². The number of aromatic nitrogens is 1. The second-order valence-electron chi connectivity index (χ2n) is 7.40. The highest BCUT2D eigenvalue weighted by Crippen LogP contribution is 2.32. The van der Waals surface area contributed by atoms with Gasteiger partial charge in [-0.1, -0.05) is 18.2 Å². The molecule has 11 heteroatoms. The first kappa shape index (κ1) is 23.4. The van der Waals surface area contributed by atoms with E-state index in [4.69, 9.17) is 4.74 Å². The molecule has 5 nitrogen and oxygen atoms in total. The van der Waals surface area contributed by atoms with Crippen LogP contribution in [-0.2, 0) is 12.7 Å². The molecule has 1 aliphatic heterocycles. The molecule has 34 heavy (non-hydrogen) atoms. The first-order chi connectivity index (χ1) is 16.0. The van der Waals surface area contributed by atoms with Crippen LogP contribution in [0.5, 0.6) is 11.5 Å². The van der Waals surface area contributed by atoms with Crippen LogP contribution >= 0.6 is 0 Å². The zero-order valence-electron chi connectivity index (χ0n) is 17.3. The predicted molar refractivity (Wildman–Crippen MR) is 108 cm³/mol. The molecule has 2 heterocycles. The Morgan fingerprint density at radius 1 is 0.941 bits per heavy atom. The van der Waals surface area contributed by atoms with Crippen molar-refractivity contribution < 1.29 is 40.6 Å². The molecule has 0 radical (unpaired) electrons. The lowest BCUT2D eigenvalue weighted by molar-refractivity contribution is -0.274. The Morgan fingerprint density at radius 2 is 1.65 bits per heavy atom. The van der Waals surface area contributed by atoms with Gasteiger partial charge in [-0.15, -0.1) is 13.2 Å². The van der Waals surface area contributed by atoms with Gasteiger partial charge in [-0.25, -0.2) is 0 Å². The third-order valence-corrected chi connectivity index (χ3v) is 5.05. The summed E-state index contributed by atoms with van der Waals surface area (Å²) in [6.45, 7) is 0.501. The Morgan fingerprint density at radius 3 is 2.26 bits per heavy atom. The van der Waals surface area contributed by atoms with Gasteiger partial charge in [-0.3, -0.25) is 9.78 Å². The van der Waals surface area contributed by atoms with Gasteiger partial charge in [0.25, 0.3) is 5.91 Å². The summed E-state index contributed by atoms with van der Waals surface area (Å²) in [4.78, 5) is 17.6. The topological polar surface area (TPSA) is 51.7 Å². The summed E-state index contributed by atoms with van der Waals surface area (Å²) < 4.78 is 84.9. The zero-order valence-corrected chi connectivity index (χ0v) is 17.3. The fraction of sp³-hybridized carbons (Fsp3) is 0.217. The van der Waals surface area contributed by atoms with Crippen molar-refractivity contribution in [3.8, 4) is 22.6 Å². The van der Waals surface area contributed by atoms with Gasteiger partial charge >= 0.3 is 12.5 Å². The molecule has 0 unspecified atom stereocenters. The fourth-order valence-electron chi connectivity index (χ4n) is 3.47. The van der Waals surface area contributed by atoms with Crippen molar-refractivity contribution in [3.05, 3.63) is 77.6 Å². The Hall–Kier alpha value is -3.76. The number of ether oxygens (including phenoxy) is 2. The standard InChI is InChI=1S/C23H16F6N2O3/c24-22(25,26)20-8-4-16(12-30-20)21(32)31-9-10-33-19-7-3-15(11-17(19)13-31)14-1-5-18(6-2-14)34-23(27,28)29/h1-8,11-12H,9-10,13H2.